The number of hydrogen-bond acceptors (Lipinski definition) is 3. The molecule has 12 rings (SSSR count). The first-order valence-corrected chi connectivity index (χ1v) is 19.7. The van der Waals surface area contributed by atoms with Crippen LogP contribution in [0.1, 0.15) is 0 Å². The highest BCUT2D eigenvalue weighted by Gasteiger charge is 2.23. The first-order chi connectivity index (χ1) is 26.3. The van der Waals surface area contributed by atoms with Gasteiger partial charge in [-0.1, -0.05) is 140 Å². The third kappa shape index (κ3) is 4.18. The molecule has 0 N–H and O–H groups in total. The number of furan rings is 1. The Labute approximate surface area is 312 Å². The lowest BCUT2D eigenvalue weighted by Crippen LogP contribution is -1.92. The van der Waals surface area contributed by atoms with Gasteiger partial charge >= 0.3 is 0 Å². The SMILES string of the molecule is c1ccc(-c2csc3ccc4c5ccc(-c6c7ccccc7c(-c7c8ccccc8cc8oc9ccccc9c78)c7ccccc67)cc5sc4c23)cc1. The van der Waals surface area contributed by atoms with Gasteiger partial charge in [-0.25, -0.2) is 0 Å². The number of rotatable bonds is 3. The molecule has 0 atom stereocenters. The molecule has 0 amide bonds. The molecule has 53 heavy (non-hydrogen) atoms. The number of thiophene rings is 2. The fraction of sp³-hybridized carbons (Fsp3) is 0. The maximum atomic E-state index is 6.56. The van der Waals surface area contributed by atoms with Crippen molar-refractivity contribution in [3.63, 3.8) is 0 Å². The van der Waals surface area contributed by atoms with Crippen molar-refractivity contribution in [1.29, 1.82) is 0 Å². The van der Waals surface area contributed by atoms with Crippen LogP contribution in [0.2, 0.25) is 0 Å². The summed E-state index contributed by atoms with van der Waals surface area (Å²) in [4.78, 5) is 0. The molecule has 0 saturated heterocycles. The third-order valence-electron chi connectivity index (χ3n) is 11.1. The van der Waals surface area contributed by atoms with Gasteiger partial charge in [-0.05, 0) is 84.2 Å². The predicted octanol–water partition coefficient (Wildman–Crippen LogP) is 15.6. The predicted molar refractivity (Wildman–Crippen MR) is 231 cm³/mol. The van der Waals surface area contributed by atoms with Crippen molar-refractivity contribution < 1.29 is 4.42 Å². The number of para-hydroxylation sites is 1. The van der Waals surface area contributed by atoms with Gasteiger partial charge < -0.3 is 4.42 Å². The van der Waals surface area contributed by atoms with E-state index in [4.69, 9.17) is 4.42 Å². The van der Waals surface area contributed by atoms with Crippen LogP contribution in [0.5, 0.6) is 0 Å². The Morgan fingerprint density at radius 3 is 1.79 bits per heavy atom. The number of benzene rings is 9. The van der Waals surface area contributed by atoms with Crippen molar-refractivity contribution in [3.8, 4) is 33.4 Å². The van der Waals surface area contributed by atoms with Crippen molar-refractivity contribution in [3.05, 3.63) is 169 Å². The van der Waals surface area contributed by atoms with E-state index in [9.17, 15) is 0 Å². The van der Waals surface area contributed by atoms with Crippen molar-refractivity contribution in [2.45, 2.75) is 0 Å². The molecule has 0 aliphatic heterocycles. The second kappa shape index (κ2) is 11.1. The van der Waals surface area contributed by atoms with E-state index in [1.54, 1.807) is 0 Å². The van der Waals surface area contributed by atoms with Crippen LogP contribution in [-0.4, -0.2) is 0 Å². The monoisotopic (exact) mass is 708 g/mol. The highest BCUT2D eigenvalue weighted by atomic mass is 32.1. The first kappa shape index (κ1) is 29.3. The first-order valence-electron chi connectivity index (χ1n) is 18.0. The maximum absolute atomic E-state index is 6.56. The number of fused-ring (bicyclic) bond motifs is 11. The zero-order chi connectivity index (χ0) is 34.6. The fourth-order valence-corrected chi connectivity index (χ4v) is 11.2. The molecule has 0 saturated carbocycles. The maximum Gasteiger partial charge on any atom is 0.136 e. The van der Waals surface area contributed by atoms with Gasteiger partial charge in [-0.15, -0.1) is 22.7 Å². The molecular formula is C50H28OS2. The van der Waals surface area contributed by atoms with E-state index in [0.29, 0.717) is 0 Å². The summed E-state index contributed by atoms with van der Waals surface area (Å²) in [5.74, 6) is 0. The molecule has 9 aromatic carbocycles. The van der Waals surface area contributed by atoms with E-state index in [1.807, 2.05) is 22.7 Å². The van der Waals surface area contributed by atoms with Crippen LogP contribution in [0.4, 0.5) is 0 Å². The summed E-state index contributed by atoms with van der Waals surface area (Å²) < 4.78 is 10.6. The van der Waals surface area contributed by atoms with Gasteiger partial charge in [0.2, 0.25) is 0 Å². The van der Waals surface area contributed by atoms with Crippen LogP contribution in [0.3, 0.4) is 0 Å². The van der Waals surface area contributed by atoms with Crippen LogP contribution in [-0.2, 0) is 0 Å². The highest BCUT2D eigenvalue weighted by Crippen LogP contribution is 2.51. The molecule has 12 aromatic rings. The van der Waals surface area contributed by atoms with E-state index < -0.39 is 0 Å². The van der Waals surface area contributed by atoms with Gasteiger partial charge in [0.15, 0.2) is 0 Å². The lowest BCUT2D eigenvalue weighted by atomic mass is 9.83. The second-order valence-corrected chi connectivity index (χ2v) is 15.9. The minimum Gasteiger partial charge on any atom is -0.456 e. The summed E-state index contributed by atoms with van der Waals surface area (Å²) in [5.41, 5.74) is 9.43. The van der Waals surface area contributed by atoms with Crippen LogP contribution >= 0.6 is 22.7 Å². The van der Waals surface area contributed by atoms with Crippen LogP contribution in [0.15, 0.2) is 174 Å². The Bertz CT molecular complexity index is 3390. The smallest absolute Gasteiger partial charge is 0.136 e. The summed E-state index contributed by atoms with van der Waals surface area (Å²) in [6, 6.07) is 60.0. The van der Waals surface area contributed by atoms with Crippen molar-refractivity contribution in [2.24, 2.45) is 0 Å². The Hall–Kier alpha value is -6.26. The summed E-state index contributed by atoms with van der Waals surface area (Å²) in [7, 11) is 0. The molecule has 0 radical (unpaired) electrons. The second-order valence-electron chi connectivity index (χ2n) is 13.9. The molecule has 3 heteroatoms. The molecule has 246 valence electrons. The average molecular weight is 709 g/mol. The Kier molecular flexibility index (Phi) is 6.15. The zero-order valence-corrected chi connectivity index (χ0v) is 30.0. The molecule has 1 nitrogen and oxygen atoms in total. The van der Waals surface area contributed by atoms with E-state index in [0.717, 1.165) is 16.6 Å². The van der Waals surface area contributed by atoms with E-state index in [-0.39, 0.29) is 0 Å². The molecule has 3 heterocycles. The molecule has 0 fully saturated rings. The topological polar surface area (TPSA) is 13.1 Å². The Morgan fingerprint density at radius 1 is 0.377 bits per heavy atom. The molecule has 3 aromatic heterocycles. The summed E-state index contributed by atoms with van der Waals surface area (Å²) in [6.07, 6.45) is 0. The summed E-state index contributed by atoms with van der Waals surface area (Å²) >= 11 is 3.76. The van der Waals surface area contributed by atoms with Crippen LogP contribution < -0.4 is 0 Å². The third-order valence-corrected chi connectivity index (χ3v) is 13.3. The largest absolute Gasteiger partial charge is 0.456 e. The molecule has 0 aliphatic carbocycles. The fourth-order valence-electron chi connectivity index (χ4n) is 8.86. The van der Waals surface area contributed by atoms with E-state index in [2.05, 4.69) is 169 Å². The van der Waals surface area contributed by atoms with Crippen molar-refractivity contribution in [1.82, 2.24) is 0 Å². The minimum atomic E-state index is 0.913. The van der Waals surface area contributed by atoms with Gasteiger partial charge in [-0.2, -0.15) is 0 Å². The lowest BCUT2D eigenvalue weighted by Gasteiger charge is -2.19. The summed E-state index contributed by atoms with van der Waals surface area (Å²) in [5, 5.41) is 16.1. The Balaban J connectivity index is 1.17. The van der Waals surface area contributed by atoms with Crippen molar-refractivity contribution >= 4 is 107 Å². The number of hydrogen-bond donors (Lipinski definition) is 0. The normalized spacial score (nSPS) is 12.2. The molecule has 0 aliphatic rings. The molecule has 0 spiro atoms. The quantitative estimate of drug-likeness (QED) is 0.167. The van der Waals surface area contributed by atoms with Crippen LogP contribution in [0.25, 0.3) is 118 Å². The van der Waals surface area contributed by atoms with E-state index in [1.165, 1.54) is 101 Å². The van der Waals surface area contributed by atoms with Crippen molar-refractivity contribution in [2.75, 3.05) is 0 Å². The van der Waals surface area contributed by atoms with E-state index >= 15 is 0 Å². The molecular weight excluding hydrogens is 681 g/mol. The zero-order valence-electron chi connectivity index (χ0n) is 28.4. The minimum absolute atomic E-state index is 0.913. The van der Waals surface area contributed by atoms with Gasteiger partial charge in [0.25, 0.3) is 0 Å². The standard InChI is InChI=1S/C50H28OS2/c1-2-12-29(13-3-1)40-28-52-43-25-24-38-33-23-22-31(27-44(33)53-50(38)48(40)43)45-34-16-6-8-18-36(34)46(37-19-9-7-17-35(37)45)49-32-15-5-4-14-30(32)26-42-47(49)39-20-10-11-21-41(39)51-42/h1-28H. The summed E-state index contributed by atoms with van der Waals surface area (Å²) in [6.45, 7) is 0. The molecule has 0 bridgehead atoms. The van der Waals surface area contributed by atoms with Gasteiger partial charge in [0, 0.05) is 52.2 Å². The van der Waals surface area contributed by atoms with Crippen LogP contribution in [0, 0.1) is 0 Å². The molecule has 0 unspecified atom stereocenters. The van der Waals surface area contributed by atoms with Gasteiger partial charge in [0.05, 0.1) is 0 Å². The van der Waals surface area contributed by atoms with Gasteiger partial charge in [-0.3, -0.25) is 0 Å². The Morgan fingerprint density at radius 2 is 1.02 bits per heavy atom. The highest BCUT2D eigenvalue weighted by molar-refractivity contribution is 7.27. The lowest BCUT2D eigenvalue weighted by molar-refractivity contribution is 0.669. The average Bonchev–Trinajstić information content (AvgIpc) is 3.92. The van der Waals surface area contributed by atoms with Gasteiger partial charge in [0.1, 0.15) is 11.2 Å².